The van der Waals surface area contributed by atoms with E-state index in [1.165, 1.54) is 13.2 Å². The maximum absolute atomic E-state index is 12.4. The van der Waals surface area contributed by atoms with E-state index in [2.05, 4.69) is 4.74 Å². The van der Waals surface area contributed by atoms with E-state index in [1.54, 1.807) is 24.1 Å². The Morgan fingerprint density at radius 3 is 2.41 bits per heavy atom. The van der Waals surface area contributed by atoms with Crippen LogP contribution >= 0.6 is 0 Å². The van der Waals surface area contributed by atoms with Gasteiger partial charge in [0, 0.05) is 20.0 Å². The minimum atomic E-state index is -2.93. The summed E-state index contributed by atoms with van der Waals surface area (Å²) in [4.78, 5) is 13.7. The molecule has 0 spiro atoms. The Balaban J connectivity index is 2.82. The lowest BCUT2D eigenvalue weighted by atomic mass is 9.91. The van der Waals surface area contributed by atoms with E-state index in [0.29, 0.717) is 18.5 Å². The third-order valence-corrected chi connectivity index (χ3v) is 2.97. The summed E-state index contributed by atoms with van der Waals surface area (Å²) >= 11 is 0. The van der Waals surface area contributed by atoms with Gasteiger partial charge in [-0.25, -0.2) is 0 Å². The molecule has 0 radical (unpaired) electrons. The second-order valence-corrected chi connectivity index (χ2v) is 6.35. The van der Waals surface area contributed by atoms with Crippen molar-refractivity contribution in [3.05, 3.63) is 23.8 Å². The topological polar surface area (TPSA) is 38.8 Å². The number of nitrogens with zero attached hydrogens (tertiary/aromatic N) is 1. The number of hydrogen-bond donors (Lipinski definition) is 0. The largest absolute Gasteiger partial charge is 0.493 e. The van der Waals surface area contributed by atoms with Crippen molar-refractivity contribution in [2.45, 2.75) is 40.3 Å². The molecule has 124 valence electrons. The van der Waals surface area contributed by atoms with Crippen molar-refractivity contribution in [2.24, 2.45) is 5.41 Å². The van der Waals surface area contributed by atoms with Crippen LogP contribution in [-0.4, -0.2) is 31.6 Å². The number of methoxy groups -OCH3 is 1. The van der Waals surface area contributed by atoms with Crippen LogP contribution in [0.1, 0.15) is 32.8 Å². The smallest absolute Gasteiger partial charge is 0.387 e. The highest BCUT2D eigenvalue weighted by Gasteiger charge is 2.19. The molecule has 1 aromatic carbocycles. The number of carbonyl (C=O) groups is 1. The molecule has 0 bridgehead atoms. The fraction of sp³-hybridized carbons (Fsp3) is 0.562. The van der Waals surface area contributed by atoms with Gasteiger partial charge < -0.3 is 14.4 Å². The Morgan fingerprint density at radius 1 is 1.27 bits per heavy atom. The van der Waals surface area contributed by atoms with Crippen molar-refractivity contribution in [2.75, 3.05) is 14.2 Å². The SMILES string of the molecule is COc1ccc(CN(C)C(=O)CC(C)(C)C)cc1OC(F)F. The first-order valence-electron chi connectivity index (χ1n) is 6.98. The zero-order valence-electron chi connectivity index (χ0n) is 13.7. The van der Waals surface area contributed by atoms with Crippen molar-refractivity contribution in [3.8, 4) is 11.5 Å². The van der Waals surface area contributed by atoms with E-state index < -0.39 is 6.61 Å². The minimum absolute atomic E-state index is 0.000328. The molecule has 0 aliphatic heterocycles. The van der Waals surface area contributed by atoms with E-state index in [4.69, 9.17) is 4.74 Å². The zero-order valence-corrected chi connectivity index (χ0v) is 13.7. The number of amides is 1. The monoisotopic (exact) mass is 315 g/mol. The molecule has 4 nitrogen and oxygen atoms in total. The zero-order chi connectivity index (χ0) is 16.9. The van der Waals surface area contributed by atoms with Crippen LogP contribution in [0.5, 0.6) is 11.5 Å². The summed E-state index contributed by atoms with van der Waals surface area (Å²) in [5.41, 5.74) is 0.594. The van der Waals surface area contributed by atoms with Gasteiger partial charge in [-0.1, -0.05) is 26.8 Å². The van der Waals surface area contributed by atoms with Gasteiger partial charge in [0.15, 0.2) is 11.5 Å². The summed E-state index contributed by atoms with van der Waals surface area (Å²) < 4.78 is 34.2. The van der Waals surface area contributed by atoms with Gasteiger partial charge in [0.05, 0.1) is 7.11 Å². The predicted molar refractivity (Wildman–Crippen MR) is 80.2 cm³/mol. The van der Waals surface area contributed by atoms with Gasteiger partial charge in [-0.2, -0.15) is 8.78 Å². The van der Waals surface area contributed by atoms with Crippen LogP contribution in [0, 0.1) is 5.41 Å². The van der Waals surface area contributed by atoms with Gasteiger partial charge in [-0.3, -0.25) is 4.79 Å². The third kappa shape index (κ3) is 5.87. The van der Waals surface area contributed by atoms with E-state index in [0.717, 1.165) is 0 Å². The molecule has 0 aliphatic carbocycles. The molecule has 0 fully saturated rings. The fourth-order valence-corrected chi connectivity index (χ4v) is 1.96. The number of benzene rings is 1. The molecule has 1 amide bonds. The summed E-state index contributed by atoms with van der Waals surface area (Å²) in [5, 5.41) is 0. The highest BCUT2D eigenvalue weighted by molar-refractivity contribution is 5.76. The Morgan fingerprint density at radius 2 is 1.91 bits per heavy atom. The van der Waals surface area contributed by atoms with Crippen molar-refractivity contribution >= 4 is 5.91 Å². The minimum Gasteiger partial charge on any atom is -0.493 e. The molecule has 0 N–H and O–H groups in total. The predicted octanol–water partition coefficient (Wildman–Crippen LogP) is 3.69. The maximum Gasteiger partial charge on any atom is 0.387 e. The van der Waals surface area contributed by atoms with Gasteiger partial charge in [0.25, 0.3) is 0 Å². The summed E-state index contributed by atoms with van der Waals surface area (Å²) in [7, 11) is 3.07. The third-order valence-electron chi connectivity index (χ3n) is 2.97. The molecule has 0 heterocycles. The number of rotatable bonds is 6. The number of hydrogen-bond acceptors (Lipinski definition) is 3. The van der Waals surface area contributed by atoms with E-state index in [-0.39, 0.29) is 22.8 Å². The summed E-state index contributed by atoms with van der Waals surface area (Å²) in [6, 6.07) is 4.74. The first-order chi connectivity index (χ1) is 10.1. The molecular weight excluding hydrogens is 292 g/mol. The summed E-state index contributed by atoms with van der Waals surface area (Å²) in [6.07, 6.45) is 0.417. The molecule has 0 aromatic heterocycles. The van der Waals surface area contributed by atoms with Crippen molar-refractivity contribution in [3.63, 3.8) is 0 Å². The second-order valence-electron chi connectivity index (χ2n) is 6.35. The van der Waals surface area contributed by atoms with Crippen LogP contribution in [0.15, 0.2) is 18.2 Å². The number of carbonyl (C=O) groups excluding carboxylic acids is 1. The van der Waals surface area contributed by atoms with Crippen molar-refractivity contribution < 1.29 is 23.0 Å². The summed E-state index contributed by atoms with van der Waals surface area (Å²) in [5.74, 6) is 0.194. The van der Waals surface area contributed by atoms with E-state index in [9.17, 15) is 13.6 Å². The Bertz CT molecular complexity index is 513. The highest BCUT2D eigenvalue weighted by atomic mass is 19.3. The Hall–Kier alpha value is -1.85. The number of ether oxygens (including phenoxy) is 2. The van der Waals surface area contributed by atoms with Crippen LogP contribution in [-0.2, 0) is 11.3 Å². The van der Waals surface area contributed by atoms with Gasteiger partial charge in [0.1, 0.15) is 0 Å². The molecule has 0 atom stereocenters. The lowest BCUT2D eigenvalue weighted by molar-refractivity contribution is -0.132. The van der Waals surface area contributed by atoms with Gasteiger partial charge in [-0.05, 0) is 23.1 Å². The fourth-order valence-electron chi connectivity index (χ4n) is 1.96. The quantitative estimate of drug-likeness (QED) is 0.803. The van der Waals surface area contributed by atoms with E-state index >= 15 is 0 Å². The van der Waals surface area contributed by atoms with Crippen molar-refractivity contribution in [1.29, 1.82) is 0 Å². The van der Waals surface area contributed by atoms with Gasteiger partial charge in [-0.15, -0.1) is 0 Å². The van der Waals surface area contributed by atoms with Crippen LogP contribution in [0.4, 0.5) is 8.78 Å². The number of halogens is 2. The molecule has 1 rings (SSSR count). The first kappa shape index (κ1) is 18.2. The molecule has 0 saturated carbocycles. The first-order valence-corrected chi connectivity index (χ1v) is 6.98. The highest BCUT2D eigenvalue weighted by Crippen LogP contribution is 2.30. The molecule has 6 heteroatoms. The van der Waals surface area contributed by atoms with Crippen LogP contribution in [0.2, 0.25) is 0 Å². The normalized spacial score (nSPS) is 11.5. The second kappa shape index (κ2) is 7.42. The molecule has 0 unspecified atom stereocenters. The molecule has 1 aromatic rings. The van der Waals surface area contributed by atoms with Crippen LogP contribution in [0.25, 0.3) is 0 Å². The molecular formula is C16H23F2NO3. The molecule has 22 heavy (non-hydrogen) atoms. The van der Waals surface area contributed by atoms with Crippen molar-refractivity contribution in [1.82, 2.24) is 4.90 Å². The molecule has 0 saturated heterocycles. The lowest BCUT2D eigenvalue weighted by Gasteiger charge is -2.23. The standard InChI is InChI=1S/C16H23F2NO3/c1-16(2,3)9-14(20)19(4)10-11-6-7-12(21-5)13(8-11)22-15(17)18/h6-8,15H,9-10H2,1-5H3. The average Bonchev–Trinajstić information content (AvgIpc) is 2.36. The summed E-state index contributed by atoms with van der Waals surface area (Å²) in [6.45, 7) is 3.35. The average molecular weight is 315 g/mol. The van der Waals surface area contributed by atoms with Gasteiger partial charge >= 0.3 is 6.61 Å². The Kier molecular flexibility index (Phi) is 6.14. The molecule has 0 aliphatic rings. The van der Waals surface area contributed by atoms with Crippen LogP contribution < -0.4 is 9.47 Å². The maximum atomic E-state index is 12.4. The van der Waals surface area contributed by atoms with Crippen LogP contribution in [0.3, 0.4) is 0 Å². The Labute approximate surface area is 130 Å². The van der Waals surface area contributed by atoms with E-state index in [1.807, 2.05) is 20.8 Å². The number of alkyl halides is 2. The lowest BCUT2D eigenvalue weighted by Crippen LogP contribution is -2.29. The van der Waals surface area contributed by atoms with Gasteiger partial charge in [0.2, 0.25) is 5.91 Å².